The van der Waals surface area contributed by atoms with Crippen LogP contribution in [0.1, 0.15) is 5.56 Å². The molecule has 0 spiro atoms. The van der Waals surface area contributed by atoms with E-state index in [1.807, 2.05) is 18.2 Å². The maximum absolute atomic E-state index is 10.7. The van der Waals surface area contributed by atoms with Crippen molar-refractivity contribution < 1.29 is 14.6 Å². The Bertz CT molecular complexity index is 376. The molecule has 4 heteroatoms. The zero-order valence-electron chi connectivity index (χ0n) is 7.37. The lowest BCUT2D eigenvalue weighted by molar-refractivity contribution is -0.143. The Morgan fingerprint density at radius 1 is 1.57 bits per heavy atom. The van der Waals surface area contributed by atoms with Gasteiger partial charge in [-0.3, -0.25) is 4.79 Å². The van der Waals surface area contributed by atoms with Gasteiger partial charge in [-0.15, -0.1) is 0 Å². The standard InChI is InChI=1S/C10H9IO3/c11-8-2-1-6-3-7(10(12)13)5-14-9(6)4-8/h1-2,4,7H,3,5H2,(H,12,13). The van der Waals surface area contributed by atoms with Gasteiger partial charge < -0.3 is 9.84 Å². The largest absolute Gasteiger partial charge is 0.492 e. The summed E-state index contributed by atoms with van der Waals surface area (Å²) in [6, 6.07) is 5.84. The summed E-state index contributed by atoms with van der Waals surface area (Å²) in [5.74, 6) is -0.355. The number of hydrogen-bond acceptors (Lipinski definition) is 2. The van der Waals surface area contributed by atoms with E-state index in [1.165, 1.54) is 0 Å². The quantitative estimate of drug-likeness (QED) is 0.806. The fourth-order valence-corrected chi connectivity index (χ4v) is 1.97. The van der Waals surface area contributed by atoms with Crippen molar-refractivity contribution in [1.82, 2.24) is 0 Å². The molecule has 0 saturated heterocycles. The monoisotopic (exact) mass is 304 g/mol. The third kappa shape index (κ3) is 1.84. The van der Waals surface area contributed by atoms with Gasteiger partial charge in [0.05, 0.1) is 5.92 Å². The van der Waals surface area contributed by atoms with Gasteiger partial charge in [0.2, 0.25) is 0 Å². The molecule has 0 fully saturated rings. The smallest absolute Gasteiger partial charge is 0.310 e. The SMILES string of the molecule is O=C(O)C1COc2cc(I)ccc2C1. The fraction of sp³-hybridized carbons (Fsp3) is 0.300. The second-order valence-electron chi connectivity index (χ2n) is 3.30. The average Bonchev–Trinajstić information content (AvgIpc) is 2.16. The highest BCUT2D eigenvalue weighted by atomic mass is 127. The molecule has 1 N–H and O–H groups in total. The minimum Gasteiger partial charge on any atom is -0.492 e. The Morgan fingerprint density at radius 3 is 3.07 bits per heavy atom. The molecule has 1 aliphatic rings. The van der Waals surface area contributed by atoms with Crippen LogP contribution in [0, 0.1) is 9.49 Å². The molecule has 14 heavy (non-hydrogen) atoms. The number of fused-ring (bicyclic) bond motifs is 1. The van der Waals surface area contributed by atoms with E-state index < -0.39 is 11.9 Å². The molecular formula is C10H9IO3. The fourth-order valence-electron chi connectivity index (χ4n) is 1.50. The molecule has 0 bridgehead atoms. The van der Waals surface area contributed by atoms with Crippen LogP contribution in [0.25, 0.3) is 0 Å². The minimum absolute atomic E-state index is 0.280. The van der Waals surface area contributed by atoms with Crippen molar-refractivity contribution >= 4 is 28.6 Å². The summed E-state index contributed by atoms with van der Waals surface area (Å²) < 4.78 is 6.50. The van der Waals surface area contributed by atoms with Gasteiger partial charge in [-0.2, -0.15) is 0 Å². The Kier molecular flexibility index (Phi) is 2.62. The number of ether oxygens (including phenoxy) is 1. The lowest BCUT2D eigenvalue weighted by Gasteiger charge is -2.22. The zero-order valence-corrected chi connectivity index (χ0v) is 9.52. The van der Waals surface area contributed by atoms with E-state index in [9.17, 15) is 4.79 Å². The number of aliphatic carboxylic acids is 1. The van der Waals surface area contributed by atoms with Crippen molar-refractivity contribution in [1.29, 1.82) is 0 Å². The number of carboxylic acid groups (broad SMARTS) is 1. The third-order valence-electron chi connectivity index (χ3n) is 2.28. The van der Waals surface area contributed by atoms with Crippen molar-refractivity contribution in [3.8, 4) is 5.75 Å². The molecule has 1 heterocycles. The summed E-state index contributed by atoms with van der Waals surface area (Å²) in [5, 5.41) is 8.84. The van der Waals surface area contributed by atoms with Gasteiger partial charge in [0, 0.05) is 3.57 Å². The molecule has 0 saturated carbocycles. The van der Waals surface area contributed by atoms with Crippen LogP contribution in [-0.4, -0.2) is 17.7 Å². The predicted molar refractivity (Wildman–Crippen MR) is 59.5 cm³/mol. The summed E-state index contributed by atoms with van der Waals surface area (Å²) >= 11 is 2.21. The molecule has 2 rings (SSSR count). The van der Waals surface area contributed by atoms with E-state index in [0.717, 1.165) is 14.9 Å². The first-order chi connectivity index (χ1) is 6.66. The van der Waals surface area contributed by atoms with Crippen LogP contribution in [-0.2, 0) is 11.2 Å². The molecule has 1 aromatic carbocycles. The summed E-state index contributed by atoms with van der Waals surface area (Å²) in [5.41, 5.74) is 0.990. The topological polar surface area (TPSA) is 46.5 Å². The Hall–Kier alpha value is -0.780. The molecule has 1 unspecified atom stereocenters. The molecule has 0 amide bonds. The summed E-state index contributed by atoms with van der Waals surface area (Å²) in [4.78, 5) is 10.7. The van der Waals surface area contributed by atoms with Crippen LogP contribution in [0.3, 0.4) is 0 Å². The third-order valence-corrected chi connectivity index (χ3v) is 2.96. The number of carboxylic acids is 1. The minimum atomic E-state index is -0.783. The second kappa shape index (κ2) is 3.76. The summed E-state index contributed by atoms with van der Waals surface area (Å²) in [6.45, 7) is 0.280. The number of benzene rings is 1. The zero-order chi connectivity index (χ0) is 10.1. The first-order valence-corrected chi connectivity index (χ1v) is 5.39. The summed E-state index contributed by atoms with van der Waals surface area (Å²) in [6.07, 6.45) is 0.571. The van der Waals surface area contributed by atoms with E-state index in [0.29, 0.717) is 6.42 Å². The maximum atomic E-state index is 10.7. The Balaban J connectivity index is 2.27. The van der Waals surface area contributed by atoms with Crippen molar-refractivity contribution in [3.63, 3.8) is 0 Å². The van der Waals surface area contributed by atoms with Gasteiger partial charge in [0.15, 0.2) is 0 Å². The maximum Gasteiger partial charge on any atom is 0.310 e. The van der Waals surface area contributed by atoms with Crippen LogP contribution in [0.4, 0.5) is 0 Å². The predicted octanol–water partition coefficient (Wildman–Crippen LogP) is 1.93. The highest BCUT2D eigenvalue weighted by Gasteiger charge is 2.25. The van der Waals surface area contributed by atoms with Crippen LogP contribution >= 0.6 is 22.6 Å². The highest BCUT2D eigenvalue weighted by molar-refractivity contribution is 14.1. The molecule has 74 valence electrons. The number of rotatable bonds is 1. The molecule has 3 nitrogen and oxygen atoms in total. The van der Waals surface area contributed by atoms with E-state index in [1.54, 1.807) is 0 Å². The van der Waals surface area contributed by atoms with Crippen molar-refractivity contribution in [3.05, 3.63) is 27.3 Å². The van der Waals surface area contributed by atoms with Crippen LogP contribution in [0.15, 0.2) is 18.2 Å². The lowest BCUT2D eigenvalue weighted by Crippen LogP contribution is -2.27. The van der Waals surface area contributed by atoms with E-state index in [4.69, 9.17) is 9.84 Å². The number of carbonyl (C=O) groups is 1. The Morgan fingerprint density at radius 2 is 2.36 bits per heavy atom. The van der Waals surface area contributed by atoms with E-state index >= 15 is 0 Å². The van der Waals surface area contributed by atoms with E-state index in [2.05, 4.69) is 22.6 Å². The van der Waals surface area contributed by atoms with Gasteiger partial charge in [0.25, 0.3) is 0 Å². The van der Waals surface area contributed by atoms with Crippen molar-refractivity contribution in [2.24, 2.45) is 5.92 Å². The van der Waals surface area contributed by atoms with Gasteiger partial charge in [0.1, 0.15) is 12.4 Å². The van der Waals surface area contributed by atoms with Gasteiger partial charge in [-0.05, 0) is 46.7 Å². The number of hydrogen-bond donors (Lipinski definition) is 1. The first kappa shape index (κ1) is 9.76. The van der Waals surface area contributed by atoms with E-state index in [-0.39, 0.29) is 6.61 Å². The van der Waals surface area contributed by atoms with Crippen molar-refractivity contribution in [2.45, 2.75) is 6.42 Å². The summed E-state index contributed by atoms with van der Waals surface area (Å²) in [7, 11) is 0. The molecule has 0 radical (unpaired) electrons. The Labute approximate surface area is 95.2 Å². The molecule has 0 aliphatic carbocycles. The van der Waals surface area contributed by atoms with Gasteiger partial charge in [-0.1, -0.05) is 6.07 Å². The van der Waals surface area contributed by atoms with Crippen LogP contribution in [0.2, 0.25) is 0 Å². The second-order valence-corrected chi connectivity index (χ2v) is 4.55. The van der Waals surface area contributed by atoms with Gasteiger partial charge in [-0.25, -0.2) is 0 Å². The molecule has 1 atom stereocenters. The molecule has 0 aromatic heterocycles. The van der Waals surface area contributed by atoms with Crippen molar-refractivity contribution in [2.75, 3.05) is 6.61 Å². The van der Waals surface area contributed by atoms with Gasteiger partial charge >= 0.3 is 5.97 Å². The normalized spacial score (nSPS) is 19.6. The first-order valence-electron chi connectivity index (χ1n) is 4.31. The number of halogens is 1. The molecule has 1 aliphatic heterocycles. The van der Waals surface area contributed by atoms with Crippen LogP contribution in [0.5, 0.6) is 5.75 Å². The molecular weight excluding hydrogens is 295 g/mol. The van der Waals surface area contributed by atoms with Crippen LogP contribution < -0.4 is 4.74 Å². The lowest BCUT2D eigenvalue weighted by atomic mass is 9.97. The average molecular weight is 304 g/mol. The highest BCUT2D eigenvalue weighted by Crippen LogP contribution is 2.28. The molecule has 1 aromatic rings.